The standard InChI is InChI=1S/C13H15ClSSi/c1-16(2,3)13-9-8-12(15-13)10-4-6-11(14)7-5-10/h4-9H,1-3H3. The molecular weight excluding hydrogens is 252 g/mol. The third-order valence-corrected chi connectivity index (χ3v) is 7.46. The molecule has 0 unspecified atom stereocenters. The average Bonchev–Trinajstić information content (AvgIpc) is 2.67. The second-order valence-electron chi connectivity index (χ2n) is 4.92. The minimum Gasteiger partial charge on any atom is -0.145 e. The quantitative estimate of drug-likeness (QED) is 0.696. The zero-order valence-corrected chi connectivity index (χ0v) is 12.3. The molecular formula is C13H15ClSSi. The van der Waals surface area contributed by atoms with Gasteiger partial charge in [-0.1, -0.05) is 49.4 Å². The van der Waals surface area contributed by atoms with E-state index in [9.17, 15) is 0 Å². The predicted molar refractivity (Wildman–Crippen MR) is 77.7 cm³/mol. The van der Waals surface area contributed by atoms with Crippen molar-refractivity contribution in [2.75, 3.05) is 0 Å². The van der Waals surface area contributed by atoms with Crippen molar-refractivity contribution in [3.8, 4) is 10.4 Å². The highest BCUT2D eigenvalue weighted by molar-refractivity contribution is 7.28. The van der Waals surface area contributed by atoms with Crippen molar-refractivity contribution in [2.24, 2.45) is 0 Å². The second-order valence-corrected chi connectivity index (χ2v) is 11.8. The fourth-order valence-corrected chi connectivity index (χ4v) is 4.54. The number of halogens is 1. The molecule has 0 spiro atoms. The van der Waals surface area contributed by atoms with Gasteiger partial charge < -0.3 is 0 Å². The van der Waals surface area contributed by atoms with Crippen molar-refractivity contribution >= 4 is 35.5 Å². The van der Waals surface area contributed by atoms with Crippen molar-refractivity contribution in [3.63, 3.8) is 0 Å². The van der Waals surface area contributed by atoms with Crippen LogP contribution >= 0.6 is 22.9 Å². The summed E-state index contributed by atoms with van der Waals surface area (Å²) in [6, 6.07) is 12.6. The lowest BCUT2D eigenvalue weighted by atomic mass is 10.2. The summed E-state index contributed by atoms with van der Waals surface area (Å²) in [7, 11) is -1.16. The van der Waals surface area contributed by atoms with Crippen LogP contribution in [0.2, 0.25) is 24.7 Å². The molecule has 2 rings (SSSR count). The molecule has 0 fully saturated rings. The summed E-state index contributed by atoms with van der Waals surface area (Å²) in [5.41, 5.74) is 1.26. The summed E-state index contributed by atoms with van der Waals surface area (Å²) >= 11 is 7.80. The fraction of sp³-hybridized carbons (Fsp3) is 0.231. The van der Waals surface area contributed by atoms with Crippen LogP contribution in [0.4, 0.5) is 0 Å². The largest absolute Gasteiger partial charge is 0.145 e. The Labute approximate surface area is 107 Å². The Morgan fingerprint density at radius 2 is 1.56 bits per heavy atom. The minimum atomic E-state index is -1.16. The van der Waals surface area contributed by atoms with E-state index < -0.39 is 8.07 Å². The van der Waals surface area contributed by atoms with Gasteiger partial charge >= 0.3 is 0 Å². The Kier molecular flexibility index (Phi) is 3.24. The topological polar surface area (TPSA) is 0 Å². The first-order valence-electron chi connectivity index (χ1n) is 5.33. The van der Waals surface area contributed by atoms with Gasteiger partial charge in [-0.05, 0) is 28.3 Å². The van der Waals surface area contributed by atoms with E-state index in [2.05, 4.69) is 43.9 Å². The van der Waals surface area contributed by atoms with Gasteiger partial charge in [-0.25, -0.2) is 0 Å². The van der Waals surface area contributed by atoms with Crippen LogP contribution < -0.4 is 4.50 Å². The summed E-state index contributed by atoms with van der Waals surface area (Å²) in [5, 5.41) is 0.797. The first-order chi connectivity index (χ1) is 7.47. The molecule has 84 valence electrons. The zero-order valence-electron chi connectivity index (χ0n) is 9.75. The van der Waals surface area contributed by atoms with Gasteiger partial charge in [0.2, 0.25) is 0 Å². The minimum absolute atomic E-state index is 0.797. The molecule has 0 saturated heterocycles. The van der Waals surface area contributed by atoms with E-state index in [1.54, 1.807) is 4.50 Å². The van der Waals surface area contributed by atoms with Crippen molar-refractivity contribution in [1.82, 2.24) is 0 Å². The zero-order chi connectivity index (χ0) is 11.8. The van der Waals surface area contributed by atoms with Gasteiger partial charge in [0.1, 0.15) is 0 Å². The fourth-order valence-electron chi connectivity index (χ4n) is 1.51. The molecule has 1 aromatic carbocycles. The second kappa shape index (κ2) is 4.36. The van der Waals surface area contributed by atoms with E-state index in [1.165, 1.54) is 10.4 Å². The first-order valence-corrected chi connectivity index (χ1v) is 10.0. The van der Waals surface area contributed by atoms with E-state index in [4.69, 9.17) is 11.6 Å². The molecule has 0 nitrogen and oxygen atoms in total. The average molecular weight is 267 g/mol. The molecule has 0 amide bonds. The number of benzene rings is 1. The molecule has 1 aromatic heterocycles. The third-order valence-electron chi connectivity index (χ3n) is 2.47. The smallest absolute Gasteiger partial charge is 0.0904 e. The molecule has 0 atom stereocenters. The number of hydrogen-bond acceptors (Lipinski definition) is 1. The van der Waals surface area contributed by atoms with Crippen molar-refractivity contribution in [2.45, 2.75) is 19.6 Å². The summed E-state index contributed by atoms with van der Waals surface area (Å²) in [6.07, 6.45) is 0. The molecule has 0 radical (unpaired) electrons. The van der Waals surface area contributed by atoms with Gasteiger partial charge in [-0.3, -0.25) is 0 Å². The van der Waals surface area contributed by atoms with Crippen LogP contribution in [0.3, 0.4) is 0 Å². The lowest BCUT2D eigenvalue weighted by molar-refractivity contribution is 1.70. The first kappa shape index (κ1) is 11.9. The highest BCUT2D eigenvalue weighted by Gasteiger charge is 2.18. The van der Waals surface area contributed by atoms with Gasteiger partial charge in [0.15, 0.2) is 0 Å². The molecule has 0 aliphatic rings. The van der Waals surface area contributed by atoms with Crippen LogP contribution in [-0.2, 0) is 0 Å². The van der Waals surface area contributed by atoms with E-state index in [-0.39, 0.29) is 0 Å². The maximum Gasteiger partial charge on any atom is 0.0904 e. The third kappa shape index (κ3) is 2.57. The van der Waals surface area contributed by atoms with Gasteiger partial charge in [0.25, 0.3) is 0 Å². The normalized spacial score (nSPS) is 11.8. The molecule has 3 heteroatoms. The molecule has 0 aliphatic carbocycles. The highest BCUT2D eigenvalue weighted by atomic mass is 35.5. The van der Waals surface area contributed by atoms with Gasteiger partial charge in [-0.2, -0.15) is 0 Å². The van der Waals surface area contributed by atoms with Crippen molar-refractivity contribution < 1.29 is 0 Å². The van der Waals surface area contributed by atoms with Gasteiger partial charge in [-0.15, -0.1) is 11.3 Å². The number of hydrogen-bond donors (Lipinski definition) is 0. The van der Waals surface area contributed by atoms with Gasteiger partial charge in [0.05, 0.1) is 8.07 Å². The maximum atomic E-state index is 5.89. The van der Waals surface area contributed by atoms with Crippen molar-refractivity contribution in [1.29, 1.82) is 0 Å². The SMILES string of the molecule is C[Si](C)(C)c1ccc(-c2ccc(Cl)cc2)s1. The maximum absolute atomic E-state index is 5.89. The lowest BCUT2D eigenvalue weighted by Crippen LogP contribution is -2.34. The Bertz CT molecular complexity index is 479. The number of rotatable bonds is 2. The van der Waals surface area contributed by atoms with Gasteiger partial charge in [0, 0.05) is 9.90 Å². The molecule has 0 N–H and O–H groups in total. The van der Waals surface area contributed by atoms with Crippen LogP contribution in [0.5, 0.6) is 0 Å². The van der Waals surface area contributed by atoms with Crippen LogP contribution in [0, 0.1) is 0 Å². The van der Waals surface area contributed by atoms with E-state index in [0.29, 0.717) is 0 Å². The molecule has 0 saturated carbocycles. The molecule has 0 aliphatic heterocycles. The van der Waals surface area contributed by atoms with Crippen molar-refractivity contribution in [3.05, 3.63) is 41.4 Å². The Balaban J connectivity index is 2.35. The lowest BCUT2D eigenvalue weighted by Gasteiger charge is -2.12. The summed E-state index contributed by atoms with van der Waals surface area (Å²) in [4.78, 5) is 1.34. The number of thiophene rings is 1. The monoisotopic (exact) mass is 266 g/mol. The highest BCUT2D eigenvalue weighted by Crippen LogP contribution is 2.26. The van der Waals surface area contributed by atoms with E-state index in [0.717, 1.165) is 5.02 Å². The van der Waals surface area contributed by atoms with E-state index >= 15 is 0 Å². The summed E-state index contributed by atoms with van der Waals surface area (Å²) in [5.74, 6) is 0. The van der Waals surface area contributed by atoms with Crippen LogP contribution in [0.1, 0.15) is 0 Å². The Hall–Kier alpha value is -0.573. The Morgan fingerprint density at radius 1 is 0.938 bits per heavy atom. The van der Waals surface area contributed by atoms with Crippen LogP contribution in [0.25, 0.3) is 10.4 Å². The van der Waals surface area contributed by atoms with Crippen LogP contribution in [-0.4, -0.2) is 8.07 Å². The van der Waals surface area contributed by atoms with E-state index in [1.807, 2.05) is 23.5 Å². The predicted octanol–water partition coefficient (Wildman–Crippen LogP) is 4.61. The summed E-state index contributed by atoms with van der Waals surface area (Å²) in [6.45, 7) is 7.14. The molecule has 16 heavy (non-hydrogen) atoms. The molecule has 0 bridgehead atoms. The summed E-state index contributed by atoms with van der Waals surface area (Å²) < 4.78 is 1.55. The molecule has 1 heterocycles. The Morgan fingerprint density at radius 3 is 2.06 bits per heavy atom. The van der Waals surface area contributed by atoms with Crippen LogP contribution in [0.15, 0.2) is 36.4 Å². The molecule has 2 aromatic rings.